The van der Waals surface area contributed by atoms with Gasteiger partial charge < -0.3 is 0 Å². The molecule has 0 saturated heterocycles. The molecule has 0 N–H and O–H groups in total. The van der Waals surface area contributed by atoms with Gasteiger partial charge >= 0.3 is 112 Å². The van der Waals surface area contributed by atoms with Crippen molar-refractivity contribution in [3.05, 3.63) is 44.3 Å². The Kier molecular flexibility index (Phi) is 4.13. The molecule has 0 unspecified atom stereocenters. The van der Waals surface area contributed by atoms with Crippen LogP contribution in [-0.2, 0) is 15.2 Å². The van der Waals surface area contributed by atoms with Crippen molar-refractivity contribution in [1.82, 2.24) is 0 Å². The van der Waals surface area contributed by atoms with E-state index in [-0.39, 0.29) is 0 Å². The van der Waals surface area contributed by atoms with Gasteiger partial charge in [-0.05, 0) is 0 Å². The summed E-state index contributed by atoms with van der Waals surface area (Å²) in [7, 11) is 0. The molecule has 0 aromatic heterocycles. The van der Waals surface area contributed by atoms with Crippen molar-refractivity contribution in [1.29, 1.82) is 0 Å². The molecule has 0 spiro atoms. The SMILES string of the molecule is CC(C)C1=[C]([Cr][C]2=C(C(C)C)C=CC2)CC=C1. The summed E-state index contributed by atoms with van der Waals surface area (Å²) in [6.07, 6.45) is 11.8. The Morgan fingerprint density at radius 1 is 0.824 bits per heavy atom. The summed E-state index contributed by atoms with van der Waals surface area (Å²) in [4.78, 5) is 0. The van der Waals surface area contributed by atoms with Gasteiger partial charge in [0.05, 0.1) is 0 Å². The van der Waals surface area contributed by atoms with E-state index in [1.54, 1.807) is 20.0 Å². The van der Waals surface area contributed by atoms with Crippen LogP contribution in [0.2, 0.25) is 0 Å². The van der Waals surface area contributed by atoms with Gasteiger partial charge in [0.2, 0.25) is 0 Å². The van der Waals surface area contributed by atoms with E-state index in [2.05, 4.69) is 52.0 Å². The number of allylic oxidation sites excluding steroid dienone is 8. The summed E-state index contributed by atoms with van der Waals surface area (Å²) >= 11 is 0.576. The first kappa shape index (κ1) is 12.9. The number of rotatable bonds is 4. The van der Waals surface area contributed by atoms with Crippen molar-refractivity contribution < 1.29 is 15.2 Å². The van der Waals surface area contributed by atoms with Gasteiger partial charge in [0.15, 0.2) is 0 Å². The monoisotopic (exact) mass is 266 g/mol. The van der Waals surface area contributed by atoms with Gasteiger partial charge in [0, 0.05) is 0 Å². The van der Waals surface area contributed by atoms with Crippen molar-refractivity contribution in [3.8, 4) is 0 Å². The summed E-state index contributed by atoms with van der Waals surface area (Å²) in [5, 5.41) is 0. The summed E-state index contributed by atoms with van der Waals surface area (Å²) in [5.41, 5.74) is 3.21. The van der Waals surface area contributed by atoms with Crippen LogP contribution >= 0.6 is 0 Å². The second-order valence-electron chi connectivity index (χ2n) is 5.38. The molecule has 1 heteroatoms. The van der Waals surface area contributed by atoms with Crippen molar-refractivity contribution in [3.63, 3.8) is 0 Å². The summed E-state index contributed by atoms with van der Waals surface area (Å²) < 4.78 is 3.42. The van der Waals surface area contributed by atoms with Gasteiger partial charge in [0.25, 0.3) is 0 Å². The molecule has 0 nitrogen and oxygen atoms in total. The van der Waals surface area contributed by atoms with Gasteiger partial charge in [-0.25, -0.2) is 0 Å². The van der Waals surface area contributed by atoms with Gasteiger partial charge in [-0.15, -0.1) is 0 Å². The van der Waals surface area contributed by atoms with Gasteiger partial charge in [-0.3, -0.25) is 0 Å². The predicted octanol–water partition coefficient (Wildman–Crippen LogP) is 4.81. The van der Waals surface area contributed by atoms with Crippen LogP contribution in [0.1, 0.15) is 40.5 Å². The average molecular weight is 266 g/mol. The van der Waals surface area contributed by atoms with Gasteiger partial charge in [0.1, 0.15) is 0 Å². The number of hydrogen-bond acceptors (Lipinski definition) is 0. The zero-order chi connectivity index (χ0) is 12.4. The minimum atomic E-state index is 0.576. The van der Waals surface area contributed by atoms with Gasteiger partial charge in [-0.2, -0.15) is 0 Å². The first-order chi connectivity index (χ1) is 8.09. The van der Waals surface area contributed by atoms with Crippen LogP contribution in [0, 0.1) is 11.8 Å². The third-order valence-electron chi connectivity index (χ3n) is 3.34. The zero-order valence-electron chi connectivity index (χ0n) is 11.3. The Morgan fingerprint density at radius 2 is 1.24 bits per heavy atom. The van der Waals surface area contributed by atoms with Crippen LogP contribution in [-0.4, -0.2) is 0 Å². The zero-order valence-corrected chi connectivity index (χ0v) is 12.6. The maximum absolute atomic E-state index is 2.35. The van der Waals surface area contributed by atoms with Crippen LogP contribution in [0.5, 0.6) is 0 Å². The van der Waals surface area contributed by atoms with Crippen molar-refractivity contribution in [2.75, 3.05) is 0 Å². The molecule has 0 bridgehead atoms. The Balaban J connectivity index is 2.18. The van der Waals surface area contributed by atoms with Crippen molar-refractivity contribution >= 4 is 0 Å². The van der Waals surface area contributed by atoms with E-state index >= 15 is 0 Å². The molecule has 0 aliphatic heterocycles. The molecular formula is C16H22Cr. The van der Waals surface area contributed by atoms with E-state index in [4.69, 9.17) is 0 Å². The molecule has 17 heavy (non-hydrogen) atoms. The second kappa shape index (κ2) is 5.42. The molecular weight excluding hydrogens is 244 g/mol. The van der Waals surface area contributed by atoms with Crippen LogP contribution in [0.3, 0.4) is 0 Å². The third kappa shape index (κ3) is 2.84. The van der Waals surface area contributed by atoms with Crippen molar-refractivity contribution in [2.24, 2.45) is 11.8 Å². The quantitative estimate of drug-likeness (QED) is 0.685. The first-order valence-electron chi connectivity index (χ1n) is 6.56. The van der Waals surface area contributed by atoms with E-state index in [0.29, 0.717) is 27.1 Å². The second-order valence-corrected chi connectivity index (χ2v) is 7.24. The number of hydrogen-bond donors (Lipinski definition) is 0. The molecule has 0 heterocycles. The molecule has 0 aromatic rings. The topological polar surface area (TPSA) is 0 Å². The van der Waals surface area contributed by atoms with Crippen LogP contribution in [0.4, 0.5) is 0 Å². The fourth-order valence-electron chi connectivity index (χ4n) is 2.39. The minimum absolute atomic E-state index is 0.576. The molecule has 0 amide bonds. The standard InChI is InChI=1S/2C8H11.Cr/c2*1-7(2)8-5-3-4-6-8;/h2*3,5,7H,4H2,1-2H3;. The Bertz CT molecular complexity index is 377. The Labute approximate surface area is 112 Å². The van der Waals surface area contributed by atoms with E-state index in [9.17, 15) is 0 Å². The van der Waals surface area contributed by atoms with Crippen LogP contribution < -0.4 is 0 Å². The fourth-order valence-corrected chi connectivity index (χ4v) is 4.73. The first-order valence-corrected chi connectivity index (χ1v) is 7.84. The average Bonchev–Trinajstić information content (AvgIpc) is 2.86. The summed E-state index contributed by atoms with van der Waals surface area (Å²) in [6.45, 7) is 9.24. The van der Waals surface area contributed by atoms with Crippen LogP contribution in [0.15, 0.2) is 44.3 Å². The van der Waals surface area contributed by atoms with E-state index in [0.717, 1.165) is 0 Å². The molecule has 0 aromatic carbocycles. The molecule has 0 radical (unpaired) electrons. The van der Waals surface area contributed by atoms with E-state index < -0.39 is 0 Å². The molecule has 0 saturated carbocycles. The molecule has 92 valence electrons. The summed E-state index contributed by atoms with van der Waals surface area (Å²) in [6, 6.07) is 0. The van der Waals surface area contributed by atoms with Crippen LogP contribution in [0.25, 0.3) is 0 Å². The Morgan fingerprint density at radius 3 is 1.59 bits per heavy atom. The molecule has 2 rings (SSSR count). The Hall–Kier alpha value is -0.508. The summed E-state index contributed by atoms with van der Waals surface area (Å²) in [5.74, 6) is 1.37. The fraction of sp³-hybridized carbons (Fsp3) is 0.500. The molecule has 2 aliphatic rings. The maximum atomic E-state index is 2.35. The molecule has 0 atom stereocenters. The van der Waals surface area contributed by atoms with E-state index in [1.165, 1.54) is 12.8 Å². The van der Waals surface area contributed by atoms with Crippen molar-refractivity contribution in [2.45, 2.75) is 40.5 Å². The van der Waals surface area contributed by atoms with Gasteiger partial charge in [-0.1, -0.05) is 0 Å². The third-order valence-corrected chi connectivity index (χ3v) is 5.36. The predicted molar refractivity (Wildman–Crippen MR) is 71.2 cm³/mol. The van der Waals surface area contributed by atoms with E-state index in [1.807, 2.05) is 0 Å². The molecule has 2 aliphatic carbocycles. The normalized spacial score (nSPS) is 19.6. The molecule has 0 fully saturated rings.